The molecule has 1 saturated carbocycles. The quantitative estimate of drug-likeness (QED) is 0.617. The summed E-state index contributed by atoms with van der Waals surface area (Å²) in [5.41, 5.74) is 2.37. The molecule has 0 saturated heterocycles. The molecular weight excluding hydrogens is 378 g/mol. The molecule has 6 heteroatoms. The van der Waals surface area contributed by atoms with E-state index in [1.165, 1.54) is 6.92 Å². The molecule has 1 aromatic heterocycles. The van der Waals surface area contributed by atoms with Gasteiger partial charge in [-0.15, -0.1) is 0 Å². The molecule has 1 aliphatic carbocycles. The minimum Gasteiger partial charge on any atom is -0.508 e. The van der Waals surface area contributed by atoms with Gasteiger partial charge in [-0.05, 0) is 62.1 Å². The first-order chi connectivity index (χ1) is 13.4. The average molecular weight is 398 g/mol. The topological polar surface area (TPSA) is 68.5 Å². The van der Waals surface area contributed by atoms with Crippen LogP contribution in [-0.2, 0) is 4.79 Å². The summed E-state index contributed by atoms with van der Waals surface area (Å²) in [6.07, 6.45) is 3.01. The van der Waals surface area contributed by atoms with Gasteiger partial charge in [0, 0.05) is 23.1 Å². The second kappa shape index (κ2) is 6.99. The van der Waals surface area contributed by atoms with Crippen LogP contribution >= 0.6 is 11.6 Å². The monoisotopic (exact) mass is 397 g/mol. The molecule has 1 heterocycles. The number of aromatic hydroxyl groups is 1. The summed E-state index contributed by atoms with van der Waals surface area (Å²) in [5.74, 6) is -0.0185. The number of phenols is 1. The summed E-state index contributed by atoms with van der Waals surface area (Å²) in [7, 11) is 0. The minimum atomic E-state index is -0.469. The van der Waals surface area contributed by atoms with Crippen LogP contribution in [0.5, 0.6) is 11.5 Å². The smallest absolute Gasteiger partial charge is 0.308 e. The first-order valence-corrected chi connectivity index (χ1v) is 9.62. The van der Waals surface area contributed by atoms with Crippen molar-refractivity contribution in [3.05, 3.63) is 58.2 Å². The van der Waals surface area contributed by atoms with Crippen molar-refractivity contribution in [1.82, 2.24) is 4.57 Å². The number of hydrogen-bond donors (Lipinski definition) is 1. The molecule has 2 aromatic carbocycles. The van der Waals surface area contributed by atoms with Crippen molar-refractivity contribution in [3.63, 3.8) is 0 Å². The highest BCUT2D eigenvalue weighted by molar-refractivity contribution is 6.30. The average Bonchev–Trinajstić information content (AvgIpc) is 2.87. The number of phenolic OH excluding ortho intramolecular Hbond substituents is 1. The third-order valence-electron chi connectivity index (χ3n) is 5.39. The minimum absolute atomic E-state index is 0.168. The molecule has 5 nitrogen and oxygen atoms in total. The molecule has 1 fully saturated rings. The van der Waals surface area contributed by atoms with Gasteiger partial charge < -0.3 is 9.84 Å². The normalized spacial score (nSPS) is 14.1. The number of hydrogen-bond acceptors (Lipinski definition) is 4. The van der Waals surface area contributed by atoms with Crippen LogP contribution in [-0.4, -0.2) is 21.6 Å². The predicted molar refractivity (Wildman–Crippen MR) is 107 cm³/mol. The van der Waals surface area contributed by atoms with Crippen LogP contribution in [0.1, 0.15) is 53.7 Å². The molecule has 0 atom stereocenters. The van der Waals surface area contributed by atoms with Crippen molar-refractivity contribution in [2.75, 3.05) is 0 Å². The maximum absolute atomic E-state index is 13.3. The zero-order valence-corrected chi connectivity index (χ0v) is 16.4. The molecular formula is C22H20ClNO4. The van der Waals surface area contributed by atoms with Gasteiger partial charge in [-0.3, -0.25) is 14.2 Å². The summed E-state index contributed by atoms with van der Waals surface area (Å²) in [5, 5.41) is 11.7. The summed E-state index contributed by atoms with van der Waals surface area (Å²) < 4.78 is 7.05. The van der Waals surface area contributed by atoms with Gasteiger partial charge in [-0.1, -0.05) is 18.0 Å². The Hall–Kier alpha value is -2.79. The number of esters is 1. The van der Waals surface area contributed by atoms with Crippen molar-refractivity contribution in [2.45, 2.75) is 39.0 Å². The number of carbonyl (C=O) groups excluding carboxylic acids is 2. The summed E-state index contributed by atoms with van der Waals surface area (Å²) in [6, 6.07) is 9.95. The fraction of sp³-hybridized carbons (Fsp3) is 0.273. The van der Waals surface area contributed by atoms with E-state index in [1.54, 1.807) is 47.9 Å². The highest BCUT2D eigenvalue weighted by Crippen LogP contribution is 2.48. The molecule has 0 radical (unpaired) electrons. The molecule has 0 unspecified atom stereocenters. The second-order valence-corrected chi connectivity index (χ2v) is 7.61. The van der Waals surface area contributed by atoms with Gasteiger partial charge in [0.2, 0.25) is 0 Å². The van der Waals surface area contributed by atoms with Crippen LogP contribution in [0.25, 0.3) is 10.9 Å². The number of aromatic nitrogens is 1. The Balaban J connectivity index is 1.99. The van der Waals surface area contributed by atoms with Crippen LogP contribution in [0, 0.1) is 6.92 Å². The first-order valence-electron chi connectivity index (χ1n) is 9.24. The van der Waals surface area contributed by atoms with Crippen LogP contribution in [0.3, 0.4) is 0 Å². The maximum atomic E-state index is 13.3. The molecule has 4 rings (SSSR count). The lowest BCUT2D eigenvalue weighted by Gasteiger charge is -2.27. The van der Waals surface area contributed by atoms with Crippen molar-refractivity contribution in [1.29, 1.82) is 0 Å². The Labute approximate surface area is 167 Å². The highest BCUT2D eigenvalue weighted by Gasteiger charge is 2.31. The maximum Gasteiger partial charge on any atom is 0.308 e. The number of ether oxygens (including phenoxy) is 1. The Morgan fingerprint density at radius 2 is 1.82 bits per heavy atom. The van der Waals surface area contributed by atoms with Gasteiger partial charge in [-0.2, -0.15) is 0 Å². The van der Waals surface area contributed by atoms with Crippen LogP contribution in [0.4, 0.5) is 0 Å². The van der Waals surface area contributed by atoms with E-state index in [0.29, 0.717) is 32.9 Å². The van der Waals surface area contributed by atoms with Gasteiger partial charge in [0.15, 0.2) is 5.75 Å². The van der Waals surface area contributed by atoms with Gasteiger partial charge >= 0.3 is 5.97 Å². The fourth-order valence-corrected chi connectivity index (χ4v) is 3.97. The molecule has 1 N–H and O–H groups in total. The molecule has 3 aromatic rings. The lowest BCUT2D eigenvalue weighted by atomic mass is 9.78. The van der Waals surface area contributed by atoms with E-state index in [1.807, 2.05) is 0 Å². The lowest BCUT2D eigenvalue weighted by molar-refractivity contribution is -0.131. The zero-order valence-electron chi connectivity index (χ0n) is 15.7. The van der Waals surface area contributed by atoms with Crippen LogP contribution < -0.4 is 4.74 Å². The number of rotatable bonds is 3. The number of nitrogens with zero attached hydrogens (tertiary/aromatic N) is 1. The number of halogens is 1. The van der Waals surface area contributed by atoms with E-state index < -0.39 is 5.97 Å². The van der Waals surface area contributed by atoms with Gasteiger partial charge in [-0.25, -0.2) is 0 Å². The predicted octanol–water partition coefficient (Wildman–Crippen LogP) is 5.19. The molecule has 1 aliphatic rings. The summed E-state index contributed by atoms with van der Waals surface area (Å²) >= 11 is 5.94. The third kappa shape index (κ3) is 2.96. The molecule has 0 aliphatic heterocycles. The fourth-order valence-electron chi connectivity index (χ4n) is 3.85. The lowest BCUT2D eigenvalue weighted by Crippen LogP contribution is -2.14. The van der Waals surface area contributed by atoms with E-state index in [4.69, 9.17) is 16.3 Å². The van der Waals surface area contributed by atoms with Crippen LogP contribution in [0.2, 0.25) is 5.02 Å². The Bertz CT molecular complexity index is 1090. The van der Waals surface area contributed by atoms with Gasteiger partial charge in [0.1, 0.15) is 5.75 Å². The van der Waals surface area contributed by atoms with Gasteiger partial charge in [0.05, 0.1) is 16.6 Å². The van der Waals surface area contributed by atoms with Crippen molar-refractivity contribution in [2.24, 2.45) is 0 Å². The van der Waals surface area contributed by atoms with Gasteiger partial charge in [0.25, 0.3) is 5.91 Å². The number of benzene rings is 2. The van der Waals surface area contributed by atoms with E-state index in [-0.39, 0.29) is 17.6 Å². The van der Waals surface area contributed by atoms with Crippen LogP contribution in [0.15, 0.2) is 36.4 Å². The summed E-state index contributed by atoms with van der Waals surface area (Å²) in [6.45, 7) is 3.07. The second-order valence-electron chi connectivity index (χ2n) is 7.18. The van der Waals surface area contributed by atoms with E-state index in [0.717, 1.165) is 24.8 Å². The zero-order chi connectivity index (χ0) is 20.0. The van der Waals surface area contributed by atoms with E-state index in [2.05, 4.69) is 0 Å². The van der Waals surface area contributed by atoms with Crippen molar-refractivity contribution >= 4 is 34.4 Å². The Kier molecular flexibility index (Phi) is 4.63. The third-order valence-corrected chi connectivity index (χ3v) is 5.64. The molecule has 0 amide bonds. The summed E-state index contributed by atoms with van der Waals surface area (Å²) in [4.78, 5) is 25.0. The molecule has 0 spiro atoms. The molecule has 0 bridgehead atoms. The highest BCUT2D eigenvalue weighted by atomic mass is 35.5. The van der Waals surface area contributed by atoms with Crippen molar-refractivity contribution < 1.29 is 19.4 Å². The van der Waals surface area contributed by atoms with E-state index in [9.17, 15) is 14.7 Å². The largest absolute Gasteiger partial charge is 0.508 e. The number of fused-ring (bicyclic) bond motifs is 1. The standard InChI is InChI=1S/C22H20ClNO4/c1-12-21(28-13(2)25)20-17(10-11-18(26)19(20)14-4-3-5-14)24(12)22(27)15-6-8-16(23)9-7-15/h6-11,14,26H,3-5H2,1-2H3. The first kappa shape index (κ1) is 18.6. The SMILES string of the molecule is CC(=O)Oc1c(C)n(C(=O)c2ccc(Cl)cc2)c2ccc(O)c(C3CCC3)c12. The molecule has 144 valence electrons. The van der Waals surface area contributed by atoms with E-state index >= 15 is 0 Å². The number of carbonyl (C=O) groups is 2. The Morgan fingerprint density at radius 3 is 2.39 bits per heavy atom. The Morgan fingerprint density at radius 1 is 1.14 bits per heavy atom. The van der Waals surface area contributed by atoms with Crippen molar-refractivity contribution in [3.8, 4) is 11.5 Å². The molecule has 28 heavy (non-hydrogen) atoms.